The molecule has 1 aromatic rings. The van der Waals surface area contributed by atoms with Crippen molar-refractivity contribution in [1.29, 1.82) is 0 Å². The first-order chi connectivity index (χ1) is 17.1. The summed E-state index contributed by atoms with van der Waals surface area (Å²) in [7, 11) is 1.57. The van der Waals surface area contributed by atoms with Gasteiger partial charge in [-0.15, -0.1) is 10.1 Å². The SMILES string of the molecule is CCCCCN(CCCOC)C(=O)C(CCC(=O)OC(C)O[N+](=O)[O-])NC(=O)c1ccc(Cl)c(Cl)c1. The molecule has 0 heterocycles. The van der Waals surface area contributed by atoms with E-state index in [0.29, 0.717) is 26.1 Å². The lowest BCUT2D eigenvalue weighted by molar-refractivity contribution is -0.777. The quantitative estimate of drug-likeness (QED) is 0.101. The molecule has 0 fully saturated rings. The van der Waals surface area contributed by atoms with Crippen molar-refractivity contribution in [3.63, 3.8) is 0 Å². The summed E-state index contributed by atoms with van der Waals surface area (Å²) in [5.41, 5.74) is 0.190. The molecule has 1 aromatic carbocycles. The summed E-state index contributed by atoms with van der Waals surface area (Å²) in [5.74, 6) is -1.75. The maximum Gasteiger partial charge on any atom is 0.307 e. The Morgan fingerprint density at radius 3 is 2.44 bits per heavy atom. The molecule has 0 bridgehead atoms. The Hall–Kier alpha value is -2.63. The van der Waals surface area contributed by atoms with E-state index in [0.717, 1.165) is 19.3 Å². The molecule has 2 amide bonds. The minimum Gasteiger partial charge on any atom is -0.435 e. The van der Waals surface area contributed by atoms with Gasteiger partial charge in [-0.3, -0.25) is 19.2 Å². The fourth-order valence-corrected chi connectivity index (χ4v) is 3.59. The minimum atomic E-state index is -1.41. The first-order valence-corrected chi connectivity index (χ1v) is 12.4. The number of benzene rings is 1. The predicted octanol–water partition coefficient (Wildman–Crippen LogP) is 4.02. The molecule has 11 nitrogen and oxygen atoms in total. The Balaban J connectivity index is 3.02. The second-order valence-electron chi connectivity index (χ2n) is 7.96. The Bertz CT molecular complexity index is 877. The fourth-order valence-electron chi connectivity index (χ4n) is 3.29. The summed E-state index contributed by atoms with van der Waals surface area (Å²) >= 11 is 11.9. The van der Waals surface area contributed by atoms with Crippen LogP contribution in [0.1, 0.15) is 62.7 Å². The predicted molar refractivity (Wildman–Crippen MR) is 133 cm³/mol. The van der Waals surface area contributed by atoms with Crippen LogP contribution in [-0.2, 0) is 23.9 Å². The molecule has 0 aliphatic rings. The number of hydrogen-bond acceptors (Lipinski definition) is 8. The highest BCUT2D eigenvalue weighted by Gasteiger charge is 2.28. The molecule has 0 aliphatic carbocycles. The van der Waals surface area contributed by atoms with Gasteiger partial charge in [-0.2, -0.15) is 0 Å². The van der Waals surface area contributed by atoms with Gasteiger partial charge >= 0.3 is 5.97 Å². The smallest absolute Gasteiger partial charge is 0.307 e. The van der Waals surface area contributed by atoms with Gasteiger partial charge in [-0.05, 0) is 44.4 Å². The van der Waals surface area contributed by atoms with E-state index in [9.17, 15) is 24.5 Å². The minimum absolute atomic E-state index is 0.0928. The molecule has 1 rings (SSSR count). The first kappa shape index (κ1) is 31.4. The van der Waals surface area contributed by atoms with E-state index in [4.69, 9.17) is 32.7 Å². The second-order valence-corrected chi connectivity index (χ2v) is 8.77. The molecular formula is C23H33Cl2N3O8. The van der Waals surface area contributed by atoms with Gasteiger partial charge in [-0.25, -0.2) is 0 Å². The third kappa shape index (κ3) is 11.9. The van der Waals surface area contributed by atoms with Crippen molar-refractivity contribution in [3.8, 4) is 0 Å². The van der Waals surface area contributed by atoms with Crippen molar-refractivity contribution < 1.29 is 33.8 Å². The van der Waals surface area contributed by atoms with Gasteiger partial charge in [0.05, 0.1) is 10.0 Å². The van der Waals surface area contributed by atoms with Crippen molar-refractivity contribution in [1.82, 2.24) is 10.2 Å². The number of halogens is 2. The Labute approximate surface area is 220 Å². The van der Waals surface area contributed by atoms with Crippen LogP contribution in [0.4, 0.5) is 0 Å². The normalized spacial score (nSPS) is 12.4. The Kier molecular flexibility index (Phi) is 14.8. The molecule has 13 heteroatoms. The molecule has 0 saturated carbocycles. The largest absolute Gasteiger partial charge is 0.435 e. The van der Waals surface area contributed by atoms with E-state index >= 15 is 0 Å². The fraction of sp³-hybridized carbons (Fsp3) is 0.609. The molecule has 0 radical (unpaired) electrons. The number of amides is 2. The molecule has 202 valence electrons. The van der Waals surface area contributed by atoms with Crippen molar-refractivity contribution >= 4 is 41.0 Å². The monoisotopic (exact) mass is 549 g/mol. The van der Waals surface area contributed by atoms with Crippen LogP contribution in [0.25, 0.3) is 0 Å². The lowest BCUT2D eigenvalue weighted by atomic mass is 10.1. The molecule has 0 aliphatic heterocycles. The molecule has 0 spiro atoms. The number of esters is 1. The van der Waals surface area contributed by atoms with Gasteiger partial charge in [-0.1, -0.05) is 43.0 Å². The van der Waals surface area contributed by atoms with Crippen LogP contribution in [0, 0.1) is 10.1 Å². The van der Waals surface area contributed by atoms with Gasteiger partial charge in [0.25, 0.3) is 11.0 Å². The number of rotatable bonds is 17. The van der Waals surface area contributed by atoms with Gasteiger partial charge in [0, 0.05) is 38.8 Å². The van der Waals surface area contributed by atoms with Crippen LogP contribution in [0.5, 0.6) is 0 Å². The molecule has 2 atom stereocenters. The van der Waals surface area contributed by atoms with Crippen LogP contribution < -0.4 is 5.32 Å². The number of nitrogens with one attached hydrogen (secondary N) is 1. The summed E-state index contributed by atoms with van der Waals surface area (Å²) in [6, 6.07) is 3.25. The van der Waals surface area contributed by atoms with Crippen LogP contribution in [0.3, 0.4) is 0 Å². The zero-order valence-electron chi connectivity index (χ0n) is 20.7. The zero-order valence-corrected chi connectivity index (χ0v) is 22.2. The lowest BCUT2D eigenvalue weighted by Gasteiger charge is -2.28. The van der Waals surface area contributed by atoms with Gasteiger partial charge in [0.1, 0.15) is 6.04 Å². The number of nitrogens with zero attached hydrogens (tertiary/aromatic N) is 2. The standard InChI is InChI=1S/C23H33Cl2N3O8/c1-4-5-6-12-27(13-7-14-34-3)23(31)20(10-11-21(29)35-16(2)36-28(32)33)26-22(30)17-8-9-18(24)19(25)15-17/h8-9,15-16,20H,4-7,10-14H2,1-3H3,(H,26,30). The molecule has 0 saturated heterocycles. The van der Waals surface area contributed by atoms with Crippen molar-refractivity contribution in [3.05, 3.63) is 43.9 Å². The highest BCUT2D eigenvalue weighted by Crippen LogP contribution is 2.22. The van der Waals surface area contributed by atoms with Crippen LogP contribution in [0.15, 0.2) is 18.2 Å². The number of hydrogen-bond donors (Lipinski definition) is 1. The number of carbonyl (C=O) groups is 3. The lowest BCUT2D eigenvalue weighted by Crippen LogP contribution is -2.49. The summed E-state index contributed by atoms with van der Waals surface area (Å²) in [5, 5.41) is 12.5. The highest BCUT2D eigenvalue weighted by atomic mass is 35.5. The molecule has 36 heavy (non-hydrogen) atoms. The Morgan fingerprint density at radius 1 is 1.14 bits per heavy atom. The maximum absolute atomic E-state index is 13.5. The van der Waals surface area contributed by atoms with Crippen molar-refractivity contribution in [2.24, 2.45) is 0 Å². The van der Waals surface area contributed by atoms with E-state index in [1.807, 2.05) is 6.92 Å². The molecular weight excluding hydrogens is 517 g/mol. The summed E-state index contributed by atoms with van der Waals surface area (Å²) in [6.07, 6.45) is 1.48. The first-order valence-electron chi connectivity index (χ1n) is 11.6. The maximum atomic E-state index is 13.5. The number of carbonyl (C=O) groups excluding carboxylic acids is 3. The number of unbranched alkanes of at least 4 members (excludes halogenated alkanes) is 2. The summed E-state index contributed by atoms with van der Waals surface area (Å²) in [4.78, 5) is 54.7. The van der Waals surface area contributed by atoms with Gasteiger partial charge in [0.15, 0.2) is 0 Å². The third-order valence-corrected chi connectivity index (χ3v) is 5.81. The second kappa shape index (κ2) is 16.9. The van der Waals surface area contributed by atoms with Crippen molar-refractivity contribution in [2.45, 2.75) is 64.7 Å². The number of ether oxygens (including phenoxy) is 2. The van der Waals surface area contributed by atoms with E-state index in [-0.39, 0.29) is 34.4 Å². The zero-order chi connectivity index (χ0) is 27.1. The van der Waals surface area contributed by atoms with Crippen LogP contribution >= 0.6 is 23.2 Å². The van der Waals surface area contributed by atoms with Crippen LogP contribution in [-0.4, -0.2) is 66.9 Å². The highest BCUT2D eigenvalue weighted by molar-refractivity contribution is 6.42. The van der Waals surface area contributed by atoms with E-state index in [2.05, 4.69) is 10.2 Å². The summed E-state index contributed by atoms with van der Waals surface area (Å²) in [6.45, 7) is 4.59. The average Bonchev–Trinajstić information content (AvgIpc) is 2.81. The molecule has 0 aromatic heterocycles. The third-order valence-electron chi connectivity index (χ3n) is 5.07. The van der Waals surface area contributed by atoms with Gasteiger partial charge < -0.3 is 19.7 Å². The van der Waals surface area contributed by atoms with Crippen molar-refractivity contribution in [2.75, 3.05) is 26.8 Å². The number of methoxy groups -OCH3 is 1. The average molecular weight is 550 g/mol. The molecule has 2 unspecified atom stereocenters. The topological polar surface area (TPSA) is 137 Å². The van der Waals surface area contributed by atoms with E-state index in [1.165, 1.54) is 25.1 Å². The molecule has 1 N–H and O–H groups in total. The van der Waals surface area contributed by atoms with Gasteiger partial charge in [0.2, 0.25) is 12.2 Å². The summed E-state index contributed by atoms with van der Waals surface area (Å²) < 4.78 is 9.93. The van der Waals surface area contributed by atoms with E-state index < -0.39 is 29.3 Å². The van der Waals surface area contributed by atoms with E-state index in [1.54, 1.807) is 12.0 Å². The Morgan fingerprint density at radius 2 is 1.83 bits per heavy atom. The van der Waals surface area contributed by atoms with Crippen LogP contribution in [0.2, 0.25) is 10.0 Å².